The molecule has 0 bridgehead atoms. The lowest BCUT2D eigenvalue weighted by molar-refractivity contribution is -0.145. The average Bonchev–Trinajstić information content (AvgIpc) is 3.20. The molecule has 0 amide bonds. The van der Waals surface area contributed by atoms with Crippen LogP contribution in [-0.4, -0.2) is 66.8 Å². The Hall–Kier alpha value is -0.690. The summed E-state index contributed by atoms with van der Waals surface area (Å²) in [5.41, 5.74) is 0. The molecule has 0 aliphatic heterocycles. The predicted molar refractivity (Wildman–Crippen MR) is 242 cm³/mol. The molecule has 56 heavy (non-hydrogen) atoms. The highest BCUT2D eigenvalue weighted by Gasteiger charge is 2.14. The Kier molecular flexibility index (Phi) is 44.8. The van der Waals surface area contributed by atoms with Crippen molar-refractivity contribution in [1.82, 2.24) is 4.90 Å². The molecule has 0 rings (SSSR count). The van der Waals surface area contributed by atoms with E-state index in [1.165, 1.54) is 173 Å². The van der Waals surface area contributed by atoms with Gasteiger partial charge in [0.2, 0.25) is 0 Å². The summed E-state index contributed by atoms with van der Waals surface area (Å²) in [6.07, 6.45) is 43.2. The van der Waals surface area contributed by atoms with E-state index in [1.54, 1.807) is 0 Å². The number of aliphatic hydroxyl groups is 2. The first-order valence-electron chi connectivity index (χ1n) is 25.3. The average molecular weight is 796 g/mol. The number of nitrogens with zero attached hydrogens (tertiary/aromatic N) is 1. The molecule has 0 aromatic rings. The third kappa shape index (κ3) is 40.1. The van der Waals surface area contributed by atoms with Crippen LogP contribution >= 0.6 is 0 Å². The summed E-state index contributed by atoms with van der Waals surface area (Å²) in [7, 11) is 0. The second-order valence-corrected chi connectivity index (χ2v) is 17.7. The van der Waals surface area contributed by atoms with E-state index in [0.29, 0.717) is 24.9 Å². The molecule has 0 saturated carbocycles. The van der Waals surface area contributed by atoms with Crippen LogP contribution in [0.25, 0.3) is 0 Å². The third-order valence-corrected chi connectivity index (χ3v) is 12.1. The number of carbonyl (C=O) groups is 1. The van der Waals surface area contributed by atoms with Crippen molar-refractivity contribution in [2.24, 2.45) is 11.8 Å². The number of aliphatic hydroxyl groups excluding tert-OH is 2. The minimum absolute atomic E-state index is 0.000796. The summed E-state index contributed by atoms with van der Waals surface area (Å²) in [5.74, 6) is 1.13. The fourth-order valence-corrected chi connectivity index (χ4v) is 8.18. The summed E-state index contributed by atoms with van der Waals surface area (Å²) < 4.78 is 11.8. The minimum Gasteiger partial charge on any atom is -0.465 e. The standard InChI is InChI=1S/C50H101NO5/c1-5-9-13-17-21-29-37-47(35-27-15-11-7-3)45-55-49(53)39-31-23-19-25-33-41-51(43-44-52)42-34-26-20-24-32-40-50(54)56-46-48(36-28-16-12-8-4)38-30-22-18-14-10-6-2/h47-49,52-53H,5-46H2,1-4H3. The van der Waals surface area contributed by atoms with Crippen LogP contribution < -0.4 is 0 Å². The number of hydrogen-bond acceptors (Lipinski definition) is 6. The number of unbranched alkanes of at least 4 members (excludes halogenated alkanes) is 24. The number of ether oxygens (including phenoxy) is 2. The van der Waals surface area contributed by atoms with Gasteiger partial charge in [-0.2, -0.15) is 0 Å². The molecule has 0 spiro atoms. The van der Waals surface area contributed by atoms with E-state index in [2.05, 4.69) is 32.6 Å². The van der Waals surface area contributed by atoms with E-state index in [0.717, 1.165) is 77.6 Å². The quantitative estimate of drug-likeness (QED) is 0.0363. The molecule has 3 unspecified atom stereocenters. The van der Waals surface area contributed by atoms with Crippen molar-refractivity contribution in [3.05, 3.63) is 0 Å². The first-order valence-corrected chi connectivity index (χ1v) is 25.3. The first kappa shape index (κ1) is 55.3. The van der Waals surface area contributed by atoms with Gasteiger partial charge in [-0.05, 0) is 82.7 Å². The van der Waals surface area contributed by atoms with E-state index < -0.39 is 6.29 Å². The fraction of sp³-hybridized carbons (Fsp3) is 0.980. The third-order valence-electron chi connectivity index (χ3n) is 12.1. The molecule has 0 aromatic carbocycles. The molecule has 6 heteroatoms. The van der Waals surface area contributed by atoms with E-state index in [4.69, 9.17) is 9.47 Å². The molecule has 6 nitrogen and oxygen atoms in total. The monoisotopic (exact) mass is 796 g/mol. The zero-order valence-corrected chi connectivity index (χ0v) is 38.5. The van der Waals surface area contributed by atoms with Crippen LogP contribution in [0.5, 0.6) is 0 Å². The van der Waals surface area contributed by atoms with Gasteiger partial charge >= 0.3 is 5.97 Å². The van der Waals surface area contributed by atoms with Crippen LogP contribution in [0.3, 0.4) is 0 Å². The molecule has 0 fully saturated rings. The lowest BCUT2D eigenvalue weighted by atomic mass is 9.95. The largest absolute Gasteiger partial charge is 0.465 e. The van der Waals surface area contributed by atoms with Gasteiger partial charge in [-0.3, -0.25) is 4.79 Å². The summed E-state index contributed by atoms with van der Waals surface area (Å²) in [6.45, 7) is 13.5. The number of esters is 1. The van der Waals surface area contributed by atoms with Gasteiger partial charge in [0.15, 0.2) is 6.29 Å². The first-order chi connectivity index (χ1) is 27.5. The highest BCUT2D eigenvalue weighted by molar-refractivity contribution is 5.69. The van der Waals surface area contributed by atoms with Crippen molar-refractivity contribution in [2.75, 3.05) is 39.5 Å². The lowest BCUT2D eigenvalue weighted by Gasteiger charge is -2.21. The maximum atomic E-state index is 12.5. The molecular weight excluding hydrogens is 695 g/mol. The van der Waals surface area contributed by atoms with Crippen molar-refractivity contribution in [3.8, 4) is 0 Å². The van der Waals surface area contributed by atoms with Crippen molar-refractivity contribution in [1.29, 1.82) is 0 Å². The Bertz CT molecular complexity index is 766. The van der Waals surface area contributed by atoms with Crippen LogP contribution in [-0.2, 0) is 14.3 Å². The van der Waals surface area contributed by atoms with Gasteiger partial charge in [-0.1, -0.05) is 195 Å². The number of rotatable bonds is 47. The smallest absolute Gasteiger partial charge is 0.305 e. The molecule has 3 atom stereocenters. The van der Waals surface area contributed by atoms with Gasteiger partial charge in [0.1, 0.15) is 0 Å². The highest BCUT2D eigenvalue weighted by atomic mass is 16.6. The SMILES string of the molecule is CCCCCCCCC(CCCCCC)COC(=O)CCCCCCCN(CCO)CCCCCCCC(O)OCC(CCCCCC)CCCCCCCC. The van der Waals surface area contributed by atoms with Gasteiger partial charge in [0.05, 0.1) is 19.8 Å². The predicted octanol–water partition coefficient (Wildman–Crippen LogP) is 14.5. The van der Waals surface area contributed by atoms with Crippen molar-refractivity contribution >= 4 is 5.97 Å². The maximum absolute atomic E-state index is 12.5. The van der Waals surface area contributed by atoms with Gasteiger partial charge < -0.3 is 24.6 Å². The molecule has 0 aromatic heterocycles. The van der Waals surface area contributed by atoms with Gasteiger partial charge in [-0.25, -0.2) is 0 Å². The van der Waals surface area contributed by atoms with Crippen LogP contribution in [0.15, 0.2) is 0 Å². The van der Waals surface area contributed by atoms with Crippen molar-refractivity contribution < 1.29 is 24.5 Å². The fourth-order valence-electron chi connectivity index (χ4n) is 8.18. The van der Waals surface area contributed by atoms with Crippen molar-refractivity contribution in [2.45, 2.75) is 265 Å². The molecular formula is C50H101NO5. The molecule has 0 radical (unpaired) electrons. The molecule has 0 saturated heterocycles. The zero-order valence-electron chi connectivity index (χ0n) is 38.5. The van der Waals surface area contributed by atoms with Crippen LogP contribution in [0, 0.1) is 11.8 Å². The molecule has 336 valence electrons. The van der Waals surface area contributed by atoms with Gasteiger partial charge in [0, 0.05) is 13.0 Å². The van der Waals surface area contributed by atoms with E-state index in [9.17, 15) is 15.0 Å². The summed E-state index contributed by atoms with van der Waals surface area (Å²) in [6, 6.07) is 0. The second kappa shape index (κ2) is 45.4. The molecule has 0 aliphatic carbocycles. The van der Waals surface area contributed by atoms with E-state index >= 15 is 0 Å². The molecule has 2 N–H and O–H groups in total. The Labute approximate surface area is 350 Å². The highest BCUT2D eigenvalue weighted by Crippen LogP contribution is 2.22. The van der Waals surface area contributed by atoms with Crippen LogP contribution in [0.2, 0.25) is 0 Å². The Balaban J connectivity index is 4.06. The maximum Gasteiger partial charge on any atom is 0.305 e. The van der Waals surface area contributed by atoms with Crippen LogP contribution in [0.4, 0.5) is 0 Å². The normalized spacial score (nSPS) is 13.4. The van der Waals surface area contributed by atoms with Gasteiger partial charge in [0.25, 0.3) is 0 Å². The van der Waals surface area contributed by atoms with Crippen molar-refractivity contribution in [3.63, 3.8) is 0 Å². The van der Waals surface area contributed by atoms with Gasteiger partial charge in [-0.15, -0.1) is 0 Å². The number of hydrogen-bond donors (Lipinski definition) is 2. The van der Waals surface area contributed by atoms with Crippen LogP contribution in [0.1, 0.15) is 259 Å². The lowest BCUT2D eigenvalue weighted by Crippen LogP contribution is -2.29. The number of carbonyl (C=O) groups excluding carboxylic acids is 1. The molecule has 0 heterocycles. The van der Waals surface area contributed by atoms with E-state index in [-0.39, 0.29) is 12.6 Å². The Morgan fingerprint density at radius 3 is 1.25 bits per heavy atom. The van der Waals surface area contributed by atoms with E-state index in [1.807, 2.05) is 0 Å². The molecule has 0 aliphatic rings. The summed E-state index contributed by atoms with van der Waals surface area (Å²) in [4.78, 5) is 14.9. The summed E-state index contributed by atoms with van der Waals surface area (Å²) >= 11 is 0. The topological polar surface area (TPSA) is 79.2 Å². The Morgan fingerprint density at radius 1 is 0.446 bits per heavy atom. The summed E-state index contributed by atoms with van der Waals surface area (Å²) in [5, 5.41) is 20.2. The second-order valence-electron chi connectivity index (χ2n) is 17.7. The Morgan fingerprint density at radius 2 is 0.804 bits per heavy atom. The zero-order chi connectivity index (χ0) is 41.0. The minimum atomic E-state index is -0.617.